The number of nitrogens with one attached hydrogen (secondary N) is 3. The number of hydrogen-bond donors (Lipinski definition) is 5. The molecule has 0 aliphatic carbocycles. The van der Waals surface area contributed by atoms with E-state index in [1.54, 1.807) is 41.5 Å². The maximum absolute atomic E-state index is 12.5. The first-order chi connectivity index (χ1) is 14.7. The lowest BCUT2D eigenvalue weighted by atomic mass is 10.0. The Bertz CT molecular complexity index is 1140. The number of hydrogen-bond acceptors (Lipinski definition) is 7. The minimum Gasteiger partial charge on any atom is -0.368 e. The fourth-order valence-electron chi connectivity index (χ4n) is 3.04. The standard InChI is InChI=1S/C20H24N8O3/c1-11(2)8-14(16(21)29)25-20-26-18(15(17(22)30)19(31)27-20)24-12-4-3-5-13(9-12)28-7-6-23-10-28/h3-7,9-11,14H,8H2,1-2H3,(H2,21,29)(H2,22,30)(H3,24,25,26,27,31). The molecule has 0 fully saturated rings. The first-order valence-electron chi connectivity index (χ1n) is 9.60. The minimum atomic E-state index is -0.942. The number of primary amides is 2. The van der Waals surface area contributed by atoms with Gasteiger partial charge in [-0.25, -0.2) is 4.98 Å². The summed E-state index contributed by atoms with van der Waals surface area (Å²) >= 11 is 0. The highest BCUT2D eigenvalue weighted by Crippen LogP contribution is 2.21. The van der Waals surface area contributed by atoms with Gasteiger partial charge in [0.15, 0.2) is 5.82 Å². The molecule has 0 saturated carbocycles. The van der Waals surface area contributed by atoms with E-state index in [1.165, 1.54) is 0 Å². The lowest BCUT2D eigenvalue weighted by Crippen LogP contribution is -2.38. The van der Waals surface area contributed by atoms with Crippen LogP contribution in [0.1, 0.15) is 30.6 Å². The van der Waals surface area contributed by atoms with Gasteiger partial charge in [-0.05, 0) is 30.5 Å². The molecular weight excluding hydrogens is 400 g/mol. The maximum Gasteiger partial charge on any atom is 0.267 e. The highest BCUT2D eigenvalue weighted by Gasteiger charge is 2.21. The van der Waals surface area contributed by atoms with Crippen LogP contribution in [0.25, 0.3) is 5.69 Å². The second kappa shape index (κ2) is 9.11. The molecule has 0 aliphatic heterocycles. The fraction of sp³-hybridized carbons (Fsp3) is 0.250. The van der Waals surface area contributed by atoms with Crippen LogP contribution in [0.2, 0.25) is 0 Å². The van der Waals surface area contributed by atoms with Crippen molar-refractivity contribution in [2.75, 3.05) is 10.6 Å². The number of H-pyrrole nitrogens is 1. The largest absolute Gasteiger partial charge is 0.368 e. The molecule has 11 nitrogen and oxygen atoms in total. The molecule has 2 aromatic heterocycles. The predicted octanol–water partition coefficient (Wildman–Crippen LogP) is 1.11. The van der Waals surface area contributed by atoms with Gasteiger partial charge >= 0.3 is 0 Å². The van der Waals surface area contributed by atoms with Gasteiger partial charge in [0.2, 0.25) is 11.9 Å². The quantitative estimate of drug-likeness (QED) is 0.342. The summed E-state index contributed by atoms with van der Waals surface area (Å²) in [6.45, 7) is 3.87. The van der Waals surface area contributed by atoms with Crippen molar-refractivity contribution in [3.05, 3.63) is 58.9 Å². The van der Waals surface area contributed by atoms with Gasteiger partial charge < -0.3 is 26.7 Å². The van der Waals surface area contributed by atoms with Gasteiger partial charge in [0.1, 0.15) is 11.6 Å². The van der Waals surface area contributed by atoms with Crippen LogP contribution in [-0.2, 0) is 4.79 Å². The van der Waals surface area contributed by atoms with Crippen LogP contribution in [0.3, 0.4) is 0 Å². The van der Waals surface area contributed by atoms with Crippen molar-refractivity contribution >= 4 is 29.3 Å². The van der Waals surface area contributed by atoms with E-state index in [0.29, 0.717) is 12.1 Å². The van der Waals surface area contributed by atoms with Crippen LogP contribution >= 0.6 is 0 Å². The third-order valence-electron chi connectivity index (χ3n) is 4.44. The number of rotatable bonds is 9. The molecule has 162 valence electrons. The van der Waals surface area contributed by atoms with Crippen LogP contribution < -0.4 is 27.7 Å². The van der Waals surface area contributed by atoms with E-state index in [9.17, 15) is 14.4 Å². The van der Waals surface area contributed by atoms with Gasteiger partial charge in [-0.3, -0.25) is 19.4 Å². The number of nitrogens with two attached hydrogens (primary N) is 2. The third-order valence-corrected chi connectivity index (χ3v) is 4.44. The van der Waals surface area contributed by atoms with E-state index in [1.807, 2.05) is 19.9 Å². The van der Waals surface area contributed by atoms with E-state index in [4.69, 9.17) is 11.5 Å². The fourth-order valence-corrected chi connectivity index (χ4v) is 3.04. The molecule has 1 unspecified atom stereocenters. The second-order valence-electron chi connectivity index (χ2n) is 7.38. The molecule has 0 saturated heterocycles. The monoisotopic (exact) mass is 424 g/mol. The summed E-state index contributed by atoms with van der Waals surface area (Å²) in [6.07, 6.45) is 5.50. The molecule has 0 radical (unpaired) electrons. The first-order valence-corrected chi connectivity index (χ1v) is 9.60. The van der Waals surface area contributed by atoms with Gasteiger partial charge in [0.25, 0.3) is 11.5 Å². The summed E-state index contributed by atoms with van der Waals surface area (Å²) in [7, 11) is 0. The van der Waals surface area contributed by atoms with Crippen LogP contribution in [0.4, 0.5) is 17.5 Å². The van der Waals surface area contributed by atoms with E-state index < -0.39 is 23.4 Å². The zero-order valence-corrected chi connectivity index (χ0v) is 17.1. The lowest BCUT2D eigenvalue weighted by molar-refractivity contribution is -0.119. The number of aromatic nitrogens is 4. The van der Waals surface area contributed by atoms with Crippen molar-refractivity contribution in [2.45, 2.75) is 26.3 Å². The molecule has 1 aromatic carbocycles. The SMILES string of the molecule is CC(C)CC(Nc1nc(Nc2cccc(-n3ccnc3)c2)c(C(N)=O)c(=O)[nH]1)C(N)=O. The predicted molar refractivity (Wildman–Crippen MR) is 116 cm³/mol. The topological polar surface area (TPSA) is 174 Å². The lowest BCUT2D eigenvalue weighted by Gasteiger charge is -2.18. The summed E-state index contributed by atoms with van der Waals surface area (Å²) < 4.78 is 1.79. The number of aromatic amines is 1. The van der Waals surface area contributed by atoms with E-state index in [0.717, 1.165) is 5.69 Å². The summed E-state index contributed by atoms with van der Waals surface area (Å²) in [5, 5.41) is 5.79. The van der Waals surface area contributed by atoms with E-state index in [-0.39, 0.29) is 23.2 Å². The number of anilines is 3. The third kappa shape index (κ3) is 5.26. The number of imidazole rings is 1. The van der Waals surface area contributed by atoms with Gasteiger partial charge in [-0.2, -0.15) is 4.98 Å². The van der Waals surface area contributed by atoms with Crippen LogP contribution in [0.15, 0.2) is 47.8 Å². The Labute approximate surface area is 177 Å². The molecule has 2 amide bonds. The van der Waals surface area contributed by atoms with Crippen LogP contribution in [0, 0.1) is 5.92 Å². The average molecular weight is 424 g/mol. The maximum atomic E-state index is 12.5. The van der Waals surface area contributed by atoms with Gasteiger partial charge in [0, 0.05) is 23.8 Å². The molecule has 0 spiro atoms. The van der Waals surface area contributed by atoms with Crippen molar-refractivity contribution in [1.82, 2.24) is 19.5 Å². The Kier molecular flexibility index (Phi) is 6.34. The molecule has 1 atom stereocenters. The molecule has 2 heterocycles. The van der Waals surface area contributed by atoms with Gasteiger partial charge in [0.05, 0.1) is 6.33 Å². The summed E-state index contributed by atoms with van der Waals surface area (Å²) in [4.78, 5) is 46.9. The Balaban J connectivity index is 1.97. The second-order valence-corrected chi connectivity index (χ2v) is 7.38. The summed E-state index contributed by atoms with van der Waals surface area (Å²) in [6, 6.07) is 6.43. The van der Waals surface area contributed by atoms with Crippen molar-refractivity contribution in [2.24, 2.45) is 17.4 Å². The highest BCUT2D eigenvalue weighted by molar-refractivity contribution is 5.98. The van der Waals surface area contributed by atoms with E-state index >= 15 is 0 Å². The van der Waals surface area contributed by atoms with E-state index in [2.05, 4.69) is 25.6 Å². The average Bonchev–Trinajstić information content (AvgIpc) is 3.21. The molecule has 0 aliphatic rings. The zero-order valence-electron chi connectivity index (χ0n) is 17.1. The number of benzene rings is 1. The Morgan fingerprint density at radius 2 is 2.03 bits per heavy atom. The molecule has 11 heteroatoms. The smallest absolute Gasteiger partial charge is 0.267 e. The van der Waals surface area contributed by atoms with Crippen molar-refractivity contribution < 1.29 is 9.59 Å². The summed E-state index contributed by atoms with van der Waals surface area (Å²) in [5.41, 5.74) is 11.1. The highest BCUT2D eigenvalue weighted by atomic mass is 16.2. The molecule has 31 heavy (non-hydrogen) atoms. The molecule has 3 rings (SSSR count). The number of amides is 2. The Hall–Kier alpha value is -4.15. The normalized spacial score (nSPS) is 11.8. The number of carbonyl (C=O) groups excluding carboxylic acids is 2. The minimum absolute atomic E-state index is 0.00675. The van der Waals surface area contributed by atoms with Gasteiger partial charge in [-0.15, -0.1) is 0 Å². The van der Waals surface area contributed by atoms with Crippen LogP contribution in [0.5, 0.6) is 0 Å². The zero-order chi connectivity index (χ0) is 22.5. The molecule has 0 bridgehead atoms. The van der Waals surface area contributed by atoms with Crippen molar-refractivity contribution in [3.63, 3.8) is 0 Å². The van der Waals surface area contributed by atoms with Crippen molar-refractivity contribution in [3.8, 4) is 5.69 Å². The molecular formula is C20H24N8O3. The Morgan fingerprint density at radius 3 is 2.65 bits per heavy atom. The van der Waals surface area contributed by atoms with Crippen molar-refractivity contribution in [1.29, 1.82) is 0 Å². The summed E-state index contributed by atoms with van der Waals surface area (Å²) in [5.74, 6) is -1.41. The number of nitrogens with zero attached hydrogens (tertiary/aromatic N) is 3. The van der Waals surface area contributed by atoms with Gasteiger partial charge in [-0.1, -0.05) is 19.9 Å². The van der Waals surface area contributed by atoms with Crippen LogP contribution in [-0.4, -0.2) is 37.4 Å². The number of carbonyl (C=O) groups is 2. The molecule has 3 aromatic rings. The molecule has 7 N–H and O–H groups in total. The first kappa shape index (κ1) is 21.6. The Morgan fingerprint density at radius 1 is 1.26 bits per heavy atom.